The van der Waals surface area contributed by atoms with Gasteiger partial charge in [-0.05, 0) is 29.7 Å². The van der Waals surface area contributed by atoms with Crippen molar-refractivity contribution in [2.75, 3.05) is 24.8 Å². The molecule has 0 aliphatic carbocycles. The largest absolute Gasteiger partial charge is 0.496 e. The van der Waals surface area contributed by atoms with Gasteiger partial charge in [-0.1, -0.05) is 35.9 Å². The Hall–Kier alpha value is -3.30. The number of nitro groups is 1. The first-order valence-electron chi connectivity index (χ1n) is 8.97. The first-order chi connectivity index (χ1) is 14.9. The van der Waals surface area contributed by atoms with Gasteiger partial charge in [-0.25, -0.2) is 0 Å². The smallest absolute Gasteiger partial charge is 0.316 e. The van der Waals surface area contributed by atoms with Crippen LogP contribution in [0.3, 0.4) is 0 Å². The minimum absolute atomic E-state index is 0.0216. The Morgan fingerprint density at radius 2 is 1.90 bits per heavy atom. The maximum absolute atomic E-state index is 12.1. The van der Waals surface area contributed by atoms with Gasteiger partial charge in [-0.3, -0.25) is 19.7 Å². The van der Waals surface area contributed by atoms with Crippen molar-refractivity contribution in [1.82, 2.24) is 0 Å². The monoisotopic (exact) mass is 460 g/mol. The fraction of sp³-hybridized carbons (Fsp3) is 0.143. The van der Waals surface area contributed by atoms with Gasteiger partial charge in [-0.2, -0.15) is 0 Å². The van der Waals surface area contributed by atoms with Crippen LogP contribution in [0.25, 0.3) is 10.8 Å². The van der Waals surface area contributed by atoms with Gasteiger partial charge in [0.25, 0.3) is 11.6 Å². The normalized spacial score (nSPS) is 10.5. The average molecular weight is 461 g/mol. The number of rotatable bonds is 8. The van der Waals surface area contributed by atoms with Gasteiger partial charge in [0.15, 0.2) is 6.61 Å². The number of anilines is 1. The first kappa shape index (κ1) is 22.4. The Balaban J connectivity index is 1.56. The van der Waals surface area contributed by atoms with E-state index in [1.165, 1.54) is 37.1 Å². The highest BCUT2D eigenvalue weighted by Crippen LogP contribution is 2.33. The number of carbonyl (C=O) groups excluding carboxylic acids is 2. The molecule has 0 saturated carbocycles. The highest BCUT2D eigenvalue weighted by molar-refractivity contribution is 8.00. The quantitative estimate of drug-likeness (QED) is 0.225. The van der Waals surface area contributed by atoms with E-state index >= 15 is 0 Å². The van der Waals surface area contributed by atoms with Crippen LogP contribution in [0.2, 0.25) is 5.02 Å². The van der Waals surface area contributed by atoms with Crippen molar-refractivity contribution in [3.05, 3.63) is 69.7 Å². The van der Waals surface area contributed by atoms with E-state index in [2.05, 4.69) is 5.32 Å². The third kappa shape index (κ3) is 5.65. The molecule has 160 valence electrons. The van der Waals surface area contributed by atoms with Crippen molar-refractivity contribution < 1.29 is 24.0 Å². The summed E-state index contributed by atoms with van der Waals surface area (Å²) in [4.78, 5) is 35.5. The Morgan fingerprint density at radius 3 is 2.61 bits per heavy atom. The number of nitrogens with one attached hydrogen (secondary N) is 1. The summed E-state index contributed by atoms with van der Waals surface area (Å²) < 4.78 is 9.93. The Labute approximate surface area is 186 Å². The zero-order valence-electron chi connectivity index (χ0n) is 16.3. The lowest BCUT2D eigenvalue weighted by molar-refractivity contribution is -0.384. The van der Waals surface area contributed by atoms with E-state index in [9.17, 15) is 19.7 Å². The number of thioether (sulfide) groups is 1. The number of hydrogen-bond donors (Lipinski definition) is 1. The molecular weight excluding hydrogens is 444 g/mol. The topological polar surface area (TPSA) is 108 Å². The highest BCUT2D eigenvalue weighted by atomic mass is 35.5. The van der Waals surface area contributed by atoms with Gasteiger partial charge < -0.3 is 14.8 Å². The summed E-state index contributed by atoms with van der Waals surface area (Å²) >= 11 is 7.52. The van der Waals surface area contributed by atoms with Crippen LogP contribution in [0.15, 0.2) is 59.5 Å². The van der Waals surface area contributed by atoms with E-state index in [1.54, 1.807) is 6.07 Å². The molecule has 0 saturated heterocycles. The lowest BCUT2D eigenvalue weighted by Crippen LogP contribution is -2.22. The summed E-state index contributed by atoms with van der Waals surface area (Å²) in [5, 5.41) is 15.9. The zero-order valence-corrected chi connectivity index (χ0v) is 17.9. The van der Waals surface area contributed by atoms with Crippen LogP contribution >= 0.6 is 23.4 Å². The molecule has 0 fully saturated rings. The minimum atomic E-state index is -0.695. The van der Waals surface area contributed by atoms with Gasteiger partial charge in [0.1, 0.15) is 11.4 Å². The molecule has 10 heteroatoms. The number of nitro benzene ring substituents is 1. The molecule has 0 aliphatic rings. The summed E-state index contributed by atoms with van der Waals surface area (Å²) in [6.07, 6.45) is 0. The van der Waals surface area contributed by atoms with Crippen molar-refractivity contribution in [3.63, 3.8) is 0 Å². The zero-order chi connectivity index (χ0) is 22.4. The lowest BCUT2D eigenvalue weighted by Gasteiger charge is -2.09. The van der Waals surface area contributed by atoms with Crippen molar-refractivity contribution >= 4 is 57.4 Å². The molecule has 3 aromatic carbocycles. The summed E-state index contributed by atoms with van der Waals surface area (Å²) in [7, 11) is 1.38. The van der Waals surface area contributed by atoms with Gasteiger partial charge >= 0.3 is 5.97 Å². The number of hydrogen-bond acceptors (Lipinski definition) is 7. The fourth-order valence-electron chi connectivity index (χ4n) is 2.79. The third-order valence-electron chi connectivity index (χ3n) is 4.20. The SMILES string of the molecule is COc1ccc(NC(=O)COC(=O)CSc2cccc3cccc(Cl)c23)c([N+](=O)[O-])c1. The summed E-state index contributed by atoms with van der Waals surface area (Å²) in [5.74, 6) is -1.05. The Bertz CT molecular complexity index is 1150. The van der Waals surface area contributed by atoms with E-state index in [4.69, 9.17) is 21.1 Å². The van der Waals surface area contributed by atoms with Gasteiger partial charge in [0.05, 0.1) is 23.9 Å². The number of fused-ring (bicyclic) bond motifs is 1. The molecule has 0 aromatic heterocycles. The minimum Gasteiger partial charge on any atom is -0.496 e. The van der Waals surface area contributed by atoms with Crippen LogP contribution in [0.1, 0.15) is 0 Å². The van der Waals surface area contributed by atoms with Crippen LogP contribution in [0, 0.1) is 10.1 Å². The molecule has 0 unspecified atom stereocenters. The molecule has 1 N–H and O–H groups in total. The van der Waals surface area contributed by atoms with Gasteiger partial charge in [0.2, 0.25) is 0 Å². The standard InChI is InChI=1S/C21H17ClN2O6S/c1-29-14-8-9-16(17(10-14)24(27)28)23-19(25)11-30-20(26)12-31-18-7-3-5-13-4-2-6-15(22)21(13)18/h2-10H,11-12H2,1H3,(H,23,25). The second kappa shape index (κ2) is 10.1. The van der Waals surface area contributed by atoms with Crippen molar-refractivity contribution in [2.45, 2.75) is 4.90 Å². The van der Waals surface area contributed by atoms with Crippen LogP contribution in [-0.4, -0.2) is 36.3 Å². The Kier molecular flexibility index (Phi) is 7.32. The molecule has 31 heavy (non-hydrogen) atoms. The van der Waals surface area contributed by atoms with Crippen LogP contribution in [0.4, 0.5) is 11.4 Å². The van der Waals surface area contributed by atoms with Crippen molar-refractivity contribution in [2.24, 2.45) is 0 Å². The molecule has 3 aromatic rings. The number of carbonyl (C=O) groups is 2. The average Bonchev–Trinajstić information content (AvgIpc) is 2.76. The van der Waals surface area contributed by atoms with Crippen LogP contribution in [0.5, 0.6) is 5.75 Å². The molecular formula is C21H17ClN2O6S. The van der Waals surface area contributed by atoms with E-state index in [0.29, 0.717) is 5.02 Å². The van der Waals surface area contributed by atoms with Crippen molar-refractivity contribution in [1.29, 1.82) is 0 Å². The number of ether oxygens (including phenoxy) is 2. The molecule has 0 bridgehead atoms. The van der Waals surface area contributed by atoms with E-state index in [1.807, 2.05) is 30.3 Å². The number of benzene rings is 3. The Morgan fingerprint density at radius 1 is 1.16 bits per heavy atom. The maximum atomic E-state index is 12.1. The predicted molar refractivity (Wildman–Crippen MR) is 119 cm³/mol. The number of nitrogens with zero attached hydrogens (tertiary/aromatic N) is 1. The van der Waals surface area contributed by atoms with E-state index in [0.717, 1.165) is 15.7 Å². The second-order valence-electron chi connectivity index (χ2n) is 6.23. The number of methoxy groups -OCH3 is 1. The van der Waals surface area contributed by atoms with Gasteiger partial charge in [-0.15, -0.1) is 11.8 Å². The highest BCUT2D eigenvalue weighted by Gasteiger charge is 2.18. The maximum Gasteiger partial charge on any atom is 0.316 e. The molecule has 3 rings (SSSR count). The van der Waals surface area contributed by atoms with E-state index in [-0.39, 0.29) is 22.9 Å². The summed E-state index contributed by atoms with van der Waals surface area (Å²) in [6, 6.07) is 15.2. The van der Waals surface area contributed by atoms with Crippen molar-refractivity contribution in [3.8, 4) is 5.75 Å². The molecule has 0 spiro atoms. The molecule has 0 aliphatic heterocycles. The summed E-state index contributed by atoms with van der Waals surface area (Å²) in [5.41, 5.74) is -0.353. The molecule has 0 atom stereocenters. The number of esters is 1. The molecule has 1 amide bonds. The number of amides is 1. The first-order valence-corrected chi connectivity index (χ1v) is 10.3. The fourth-order valence-corrected chi connectivity index (χ4v) is 4.03. The van der Waals surface area contributed by atoms with Crippen LogP contribution in [-0.2, 0) is 14.3 Å². The third-order valence-corrected chi connectivity index (χ3v) is 5.55. The lowest BCUT2D eigenvalue weighted by atomic mass is 10.1. The van der Waals surface area contributed by atoms with Crippen LogP contribution < -0.4 is 10.1 Å². The number of halogens is 1. The summed E-state index contributed by atoms with van der Waals surface area (Å²) in [6.45, 7) is -0.571. The predicted octanol–water partition coefficient (Wildman–Crippen LogP) is 4.68. The second-order valence-corrected chi connectivity index (χ2v) is 7.66. The van der Waals surface area contributed by atoms with E-state index < -0.39 is 23.4 Å². The van der Waals surface area contributed by atoms with Gasteiger partial charge in [0, 0.05) is 15.3 Å². The molecule has 8 nitrogen and oxygen atoms in total. The molecule has 0 radical (unpaired) electrons. The molecule has 0 heterocycles.